The van der Waals surface area contributed by atoms with E-state index >= 15 is 0 Å². The lowest BCUT2D eigenvalue weighted by Gasteiger charge is -2.32. The number of para-hydroxylation sites is 2. The van der Waals surface area contributed by atoms with Crippen molar-refractivity contribution in [2.45, 2.75) is 52.7 Å². The van der Waals surface area contributed by atoms with Crippen LogP contribution in [0.5, 0.6) is 5.75 Å². The number of anilines is 1. The van der Waals surface area contributed by atoms with Crippen LogP contribution >= 0.6 is 15.9 Å². The number of sulfonamides is 1. The van der Waals surface area contributed by atoms with E-state index in [4.69, 9.17) is 4.74 Å². The Bertz CT molecular complexity index is 1110. The van der Waals surface area contributed by atoms with Crippen molar-refractivity contribution in [3.05, 3.63) is 58.6 Å². The highest BCUT2D eigenvalue weighted by Gasteiger charge is 2.31. The average molecular weight is 569 g/mol. The molecular weight excluding hydrogens is 534 g/mol. The number of carbonyl (C=O) groups is 2. The minimum Gasteiger partial charge on any atom is -0.492 e. The molecule has 35 heavy (non-hydrogen) atoms. The van der Waals surface area contributed by atoms with Gasteiger partial charge in [0.25, 0.3) is 0 Å². The molecule has 0 aliphatic rings. The Morgan fingerprint density at radius 3 is 2.26 bits per heavy atom. The molecule has 0 spiro atoms. The SMILES string of the molecule is CCOc1ccccc1N(CC(=O)N(Cc1ccc(Br)cc1)C(C)C(=O)NC(C)CC)S(C)(=O)=O. The molecule has 0 heterocycles. The Hall–Kier alpha value is -2.59. The molecule has 2 atom stereocenters. The van der Waals surface area contributed by atoms with Crippen LogP contribution in [0.25, 0.3) is 0 Å². The third kappa shape index (κ3) is 8.24. The number of benzene rings is 2. The van der Waals surface area contributed by atoms with Crippen LogP contribution in [-0.2, 0) is 26.2 Å². The molecule has 10 heteroatoms. The number of carbonyl (C=O) groups excluding carboxylic acids is 2. The summed E-state index contributed by atoms with van der Waals surface area (Å²) in [7, 11) is -3.84. The topological polar surface area (TPSA) is 96.0 Å². The van der Waals surface area contributed by atoms with E-state index in [2.05, 4.69) is 21.2 Å². The van der Waals surface area contributed by atoms with Crippen LogP contribution in [0.15, 0.2) is 53.0 Å². The van der Waals surface area contributed by atoms with Crippen molar-refractivity contribution in [2.75, 3.05) is 23.7 Å². The lowest BCUT2D eigenvalue weighted by atomic mass is 10.1. The van der Waals surface area contributed by atoms with E-state index in [-0.39, 0.29) is 24.2 Å². The first-order chi connectivity index (χ1) is 16.5. The van der Waals surface area contributed by atoms with Gasteiger partial charge in [0.15, 0.2) is 0 Å². The van der Waals surface area contributed by atoms with Gasteiger partial charge in [-0.15, -0.1) is 0 Å². The van der Waals surface area contributed by atoms with Gasteiger partial charge in [-0.1, -0.05) is 47.1 Å². The Labute approximate surface area is 216 Å². The molecule has 0 aliphatic heterocycles. The summed E-state index contributed by atoms with van der Waals surface area (Å²) in [4.78, 5) is 27.9. The molecule has 2 aromatic carbocycles. The first-order valence-electron chi connectivity index (χ1n) is 11.5. The minimum atomic E-state index is -3.84. The lowest BCUT2D eigenvalue weighted by Crippen LogP contribution is -2.52. The third-order valence-corrected chi connectivity index (χ3v) is 7.20. The van der Waals surface area contributed by atoms with Crippen molar-refractivity contribution in [2.24, 2.45) is 0 Å². The van der Waals surface area contributed by atoms with Gasteiger partial charge >= 0.3 is 0 Å². The predicted octanol–water partition coefficient (Wildman–Crippen LogP) is 3.95. The quantitative estimate of drug-likeness (QED) is 0.419. The molecule has 2 rings (SSSR count). The van der Waals surface area contributed by atoms with E-state index in [1.807, 2.05) is 38.1 Å². The van der Waals surface area contributed by atoms with Crippen LogP contribution in [0.2, 0.25) is 0 Å². The fourth-order valence-electron chi connectivity index (χ4n) is 3.37. The Kier molecular flexibility index (Phi) is 10.6. The second-order valence-corrected chi connectivity index (χ2v) is 11.1. The van der Waals surface area contributed by atoms with Crippen molar-refractivity contribution in [1.29, 1.82) is 0 Å². The van der Waals surface area contributed by atoms with E-state index < -0.39 is 28.5 Å². The standard InChI is InChI=1S/C25H34BrN3O5S/c1-6-18(3)27-25(31)19(4)28(16-20-12-14-21(26)15-13-20)24(30)17-29(35(5,32)33)22-10-8-9-11-23(22)34-7-2/h8-15,18-19H,6-7,16-17H2,1-5H3,(H,27,31). The van der Waals surface area contributed by atoms with Gasteiger partial charge in [0.2, 0.25) is 21.8 Å². The second kappa shape index (κ2) is 12.9. The molecule has 8 nitrogen and oxygen atoms in total. The fraction of sp³-hybridized carbons (Fsp3) is 0.440. The fourth-order valence-corrected chi connectivity index (χ4v) is 4.49. The lowest BCUT2D eigenvalue weighted by molar-refractivity contribution is -0.139. The minimum absolute atomic E-state index is 0.0554. The van der Waals surface area contributed by atoms with Gasteiger partial charge in [-0.05, 0) is 57.0 Å². The molecule has 0 fully saturated rings. The van der Waals surface area contributed by atoms with Crippen LogP contribution < -0.4 is 14.4 Å². The molecule has 0 saturated heterocycles. The molecule has 2 aromatic rings. The maximum atomic E-state index is 13.6. The van der Waals surface area contributed by atoms with E-state index in [1.165, 1.54) is 4.90 Å². The molecule has 2 amide bonds. The summed E-state index contributed by atoms with van der Waals surface area (Å²) in [5.41, 5.74) is 1.08. The molecule has 1 N–H and O–H groups in total. The molecule has 0 saturated carbocycles. The number of amides is 2. The smallest absolute Gasteiger partial charge is 0.244 e. The number of halogens is 1. The molecule has 192 valence electrons. The number of nitrogens with one attached hydrogen (secondary N) is 1. The summed E-state index contributed by atoms with van der Waals surface area (Å²) in [6.07, 6.45) is 1.79. The molecule has 0 radical (unpaired) electrons. The van der Waals surface area contributed by atoms with Crippen molar-refractivity contribution < 1.29 is 22.7 Å². The highest BCUT2D eigenvalue weighted by molar-refractivity contribution is 9.10. The van der Waals surface area contributed by atoms with Crippen LogP contribution in [0.4, 0.5) is 5.69 Å². The molecule has 0 aliphatic carbocycles. The summed E-state index contributed by atoms with van der Waals surface area (Å²) in [5, 5.41) is 2.91. The first kappa shape index (κ1) is 28.6. The molecular formula is C25H34BrN3O5S. The largest absolute Gasteiger partial charge is 0.492 e. The van der Waals surface area contributed by atoms with Gasteiger partial charge in [-0.3, -0.25) is 13.9 Å². The monoisotopic (exact) mass is 567 g/mol. The summed E-state index contributed by atoms with van der Waals surface area (Å²) in [6.45, 7) is 7.30. The van der Waals surface area contributed by atoms with E-state index in [0.29, 0.717) is 12.4 Å². The number of hydrogen-bond donors (Lipinski definition) is 1. The van der Waals surface area contributed by atoms with E-state index in [1.54, 1.807) is 38.1 Å². The van der Waals surface area contributed by atoms with Gasteiger partial charge in [-0.2, -0.15) is 0 Å². The Balaban J connectivity index is 2.42. The Morgan fingerprint density at radius 1 is 1.06 bits per heavy atom. The van der Waals surface area contributed by atoms with Gasteiger partial charge in [0.1, 0.15) is 18.3 Å². The molecule has 0 aromatic heterocycles. The normalized spacial score (nSPS) is 13.0. The maximum absolute atomic E-state index is 13.6. The predicted molar refractivity (Wildman–Crippen MR) is 142 cm³/mol. The highest BCUT2D eigenvalue weighted by Crippen LogP contribution is 2.30. The zero-order valence-corrected chi connectivity index (χ0v) is 23.2. The van der Waals surface area contributed by atoms with Crippen molar-refractivity contribution in [3.63, 3.8) is 0 Å². The summed E-state index contributed by atoms with van der Waals surface area (Å²) in [6, 6.07) is 13.2. The van der Waals surface area contributed by atoms with E-state index in [0.717, 1.165) is 27.0 Å². The zero-order valence-electron chi connectivity index (χ0n) is 20.8. The number of ether oxygens (including phenoxy) is 1. The van der Waals surface area contributed by atoms with Crippen molar-refractivity contribution in [1.82, 2.24) is 10.2 Å². The summed E-state index contributed by atoms with van der Waals surface area (Å²) < 4.78 is 33.0. The van der Waals surface area contributed by atoms with Gasteiger partial charge in [-0.25, -0.2) is 8.42 Å². The number of rotatable bonds is 12. The third-order valence-electron chi connectivity index (χ3n) is 5.55. The molecule has 0 bridgehead atoms. The van der Waals surface area contributed by atoms with Gasteiger partial charge in [0.05, 0.1) is 18.6 Å². The van der Waals surface area contributed by atoms with Gasteiger partial charge < -0.3 is 15.0 Å². The summed E-state index contributed by atoms with van der Waals surface area (Å²) >= 11 is 3.40. The highest BCUT2D eigenvalue weighted by atomic mass is 79.9. The molecule has 2 unspecified atom stereocenters. The number of hydrogen-bond acceptors (Lipinski definition) is 5. The van der Waals surface area contributed by atoms with Crippen molar-refractivity contribution in [3.8, 4) is 5.75 Å². The average Bonchev–Trinajstić information content (AvgIpc) is 2.81. The van der Waals surface area contributed by atoms with Gasteiger partial charge in [0, 0.05) is 17.1 Å². The van der Waals surface area contributed by atoms with Crippen molar-refractivity contribution >= 4 is 43.5 Å². The number of nitrogens with zero attached hydrogens (tertiary/aromatic N) is 2. The van der Waals surface area contributed by atoms with E-state index in [9.17, 15) is 18.0 Å². The van der Waals surface area contributed by atoms with Crippen LogP contribution in [-0.4, -0.2) is 56.6 Å². The Morgan fingerprint density at radius 2 is 1.69 bits per heavy atom. The van der Waals surface area contributed by atoms with Crippen LogP contribution in [0, 0.1) is 0 Å². The maximum Gasteiger partial charge on any atom is 0.244 e. The zero-order chi connectivity index (χ0) is 26.2. The second-order valence-electron chi connectivity index (χ2n) is 8.31. The van der Waals surface area contributed by atoms with Crippen LogP contribution in [0.1, 0.15) is 39.7 Å². The first-order valence-corrected chi connectivity index (χ1v) is 14.2. The summed E-state index contributed by atoms with van der Waals surface area (Å²) in [5.74, 6) is -0.447. The van der Waals surface area contributed by atoms with Crippen LogP contribution in [0.3, 0.4) is 0 Å².